The van der Waals surface area contributed by atoms with Gasteiger partial charge >= 0.3 is 6.09 Å². The van der Waals surface area contributed by atoms with Crippen molar-refractivity contribution in [2.45, 2.75) is 59.4 Å². The molecule has 0 radical (unpaired) electrons. The number of nitriles is 1. The summed E-state index contributed by atoms with van der Waals surface area (Å²) in [5.74, 6) is -0.153. The SMILES string of the molecule is CNC(=O)COc1cc2cc(Nc3nc(N4CC(C)C(F)C(C)C4)c(C#N)cc3Cl)ccc2n(CCCNC(=O)OC(C)(C)C)c1=O. The zero-order valence-corrected chi connectivity index (χ0v) is 28.2. The van der Waals surface area contributed by atoms with E-state index in [1.165, 1.54) is 17.7 Å². The third-order valence-electron chi connectivity index (χ3n) is 7.67. The van der Waals surface area contributed by atoms with E-state index >= 15 is 0 Å². The molecule has 1 fully saturated rings. The molecule has 1 aliphatic rings. The van der Waals surface area contributed by atoms with Crippen LogP contribution in [0.1, 0.15) is 46.6 Å². The van der Waals surface area contributed by atoms with Gasteiger partial charge in [-0.1, -0.05) is 25.4 Å². The van der Waals surface area contributed by atoms with Gasteiger partial charge in [0.15, 0.2) is 18.2 Å². The number of hydrogen-bond donors (Lipinski definition) is 3. The first kappa shape index (κ1) is 35.3. The minimum Gasteiger partial charge on any atom is -0.478 e. The lowest BCUT2D eigenvalue weighted by atomic mass is 9.89. The zero-order chi connectivity index (χ0) is 34.5. The molecule has 0 aliphatic carbocycles. The molecule has 3 N–H and O–H groups in total. The molecule has 2 atom stereocenters. The predicted molar refractivity (Wildman–Crippen MR) is 179 cm³/mol. The Labute approximate surface area is 278 Å². The predicted octanol–water partition coefficient (Wildman–Crippen LogP) is 5.14. The normalized spacial score (nSPS) is 17.9. The number of alkyl carbamates (subject to hydrolysis) is 1. The summed E-state index contributed by atoms with van der Waals surface area (Å²) in [6, 6.07) is 10.6. The number of carbonyl (C=O) groups excluding carboxylic acids is 2. The van der Waals surface area contributed by atoms with E-state index in [0.717, 1.165) is 0 Å². The first-order valence-electron chi connectivity index (χ1n) is 15.4. The van der Waals surface area contributed by atoms with E-state index in [1.807, 2.05) is 18.7 Å². The number of piperidine rings is 1. The van der Waals surface area contributed by atoms with Gasteiger partial charge in [0.05, 0.1) is 16.1 Å². The van der Waals surface area contributed by atoms with Crippen molar-refractivity contribution in [1.82, 2.24) is 20.2 Å². The fourth-order valence-corrected chi connectivity index (χ4v) is 5.65. The molecular weight excluding hydrogens is 629 g/mol. The van der Waals surface area contributed by atoms with Crippen molar-refractivity contribution < 1.29 is 23.5 Å². The number of alkyl halides is 1. The smallest absolute Gasteiger partial charge is 0.407 e. The van der Waals surface area contributed by atoms with E-state index < -0.39 is 29.3 Å². The molecule has 3 heterocycles. The van der Waals surface area contributed by atoms with E-state index in [2.05, 4.69) is 22.0 Å². The maximum Gasteiger partial charge on any atom is 0.407 e. The third kappa shape index (κ3) is 8.83. The number of pyridine rings is 2. The topological polar surface area (TPSA) is 151 Å². The van der Waals surface area contributed by atoms with Crippen LogP contribution in [0.3, 0.4) is 0 Å². The number of ether oxygens (including phenoxy) is 2. The van der Waals surface area contributed by atoms with Crippen molar-refractivity contribution in [2.75, 3.05) is 43.5 Å². The summed E-state index contributed by atoms with van der Waals surface area (Å²) >= 11 is 6.56. The number of likely N-dealkylation sites (N-methyl/N-ethyl adjacent to an activating group) is 1. The largest absolute Gasteiger partial charge is 0.478 e. The highest BCUT2D eigenvalue weighted by atomic mass is 35.5. The minimum atomic E-state index is -0.942. The number of halogens is 2. The monoisotopic (exact) mass is 669 g/mol. The van der Waals surface area contributed by atoms with Crippen LogP contribution < -0.4 is 31.1 Å². The van der Waals surface area contributed by atoms with Crippen LogP contribution >= 0.6 is 11.6 Å². The number of aryl methyl sites for hydroxylation is 1. The molecule has 1 aliphatic heterocycles. The van der Waals surface area contributed by atoms with Gasteiger partial charge in [0.25, 0.3) is 11.5 Å². The molecule has 3 aromatic rings. The summed E-state index contributed by atoms with van der Waals surface area (Å²) in [4.78, 5) is 44.0. The molecule has 2 unspecified atom stereocenters. The number of rotatable bonds is 10. The summed E-state index contributed by atoms with van der Waals surface area (Å²) in [5, 5.41) is 19.0. The summed E-state index contributed by atoms with van der Waals surface area (Å²) in [7, 11) is 1.47. The van der Waals surface area contributed by atoms with E-state index in [4.69, 9.17) is 26.1 Å². The fraction of sp³-hybridized carbons (Fsp3) is 0.485. The van der Waals surface area contributed by atoms with Gasteiger partial charge in [-0.15, -0.1) is 0 Å². The molecule has 2 amide bonds. The van der Waals surface area contributed by atoms with E-state index in [-0.39, 0.29) is 42.3 Å². The van der Waals surface area contributed by atoms with Gasteiger partial charge in [-0.2, -0.15) is 5.26 Å². The second kappa shape index (κ2) is 14.9. The number of nitrogens with zero attached hydrogens (tertiary/aromatic N) is 4. The van der Waals surface area contributed by atoms with Crippen molar-refractivity contribution in [3.05, 3.63) is 51.3 Å². The Morgan fingerprint density at radius 2 is 1.87 bits per heavy atom. The van der Waals surface area contributed by atoms with Crippen molar-refractivity contribution in [3.8, 4) is 11.8 Å². The van der Waals surface area contributed by atoms with E-state index in [1.54, 1.807) is 45.0 Å². The second-order valence-electron chi connectivity index (χ2n) is 12.7. The minimum absolute atomic E-state index is 0.0188. The molecule has 252 valence electrons. The first-order valence-corrected chi connectivity index (χ1v) is 15.8. The Kier molecular flexibility index (Phi) is 11.2. The Morgan fingerprint density at radius 3 is 2.51 bits per heavy atom. The fourth-order valence-electron chi connectivity index (χ4n) is 5.45. The molecular formula is C33H41ClFN7O5. The van der Waals surface area contributed by atoms with Gasteiger partial charge in [-0.3, -0.25) is 9.59 Å². The first-order chi connectivity index (χ1) is 22.2. The van der Waals surface area contributed by atoms with Gasteiger partial charge in [-0.25, -0.2) is 14.2 Å². The Hall–Kier alpha value is -4.57. The van der Waals surface area contributed by atoms with Crippen LogP contribution in [0.15, 0.2) is 35.1 Å². The number of benzene rings is 1. The van der Waals surface area contributed by atoms with Gasteiger partial charge in [0.1, 0.15) is 23.7 Å². The van der Waals surface area contributed by atoms with Gasteiger partial charge < -0.3 is 34.9 Å². The summed E-state index contributed by atoms with van der Waals surface area (Å²) in [6.45, 7) is 9.97. The van der Waals surface area contributed by atoms with Gasteiger partial charge in [-0.05, 0) is 57.5 Å². The maximum absolute atomic E-state index is 14.5. The Morgan fingerprint density at radius 1 is 1.17 bits per heavy atom. The molecule has 0 saturated carbocycles. The second-order valence-corrected chi connectivity index (χ2v) is 13.1. The summed E-state index contributed by atoms with van der Waals surface area (Å²) < 4.78 is 26.9. The number of hydrogen-bond acceptors (Lipinski definition) is 9. The number of nitrogens with one attached hydrogen (secondary N) is 3. The van der Waals surface area contributed by atoms with Crippen molar-refractivity contribution >= 4 is 51.8 Å². The quantitative estimate of drug-likeness (QED) is 0.250. The highest BCUT2D eigenvalue weighted by Gasteiger charge is 2.33. The average Bonchev–Trinajstić information content (AvgIpc) is 3.01. The lowest BCUT2D eigenvalue weighted by Gasteiger charge is -2.38. The van der Waals surface area contributed by atoms with E-state index in [0.29, 0.717) is 53.3 Å². The highest BCUT2D eigenvalue weighted by molar-refractivity contribution is 6.33. The molecule has 1 saturated heterocycles. The standard InChI is InChI=1S/C33H41ClFN7O5/c1-19-16-41(17-20(2)28(19)35)30-22(15-36)13-24(34)29(40-30)39-23-8-9-25-21(12-23)14-26(46-18-27(43)37-6)31(44)42(25)11-7-10-38-32(45)47-33(3,4)5/h8-9,12-14,19-20,28H,7,10-11,16-18H2,1-6H3,(H,37,43)(H,38,45)(H,39,40). The average molecular weight is 670 g/mol. The van der Waals surface area contributed by atoms with Crippen LogP contribution in [0, 0.1) is 23.2 Å². The zero-order valence-electron chi connectivity index (χ0n) is 27.4. The van der Waals surface area contributed by atoms with Crippen LogP contribution in [0.5, 0.6) is 5.75 Å². The number of fused-ring (bicyclic) bond motifs is 1. The van der Waals surface area contributed by atoms with Gasteiger partial charge in [0, 0.05) is 56.1 Å². The Balaban J connectivity index is 1.64. The van der Waals surface area contributed by atoms with Crippen LogP contribution in [0.25, 0.3) is 10.9 Å². The molecule has 1 aromatic carbocycles. The molecule has 14 heteroatoms. The Bertz CT molecular complexity index is 1720. The molecule has 12 nitrogen and oxygen atoms in total. The van der Waals surface area contributed by atoms with Crippen molar-refractivity contribution in [1.29, 1.82) is 5.26 Å². The molecule has 0 spiro atoms. The lowest BCUT2D eigenvalue weighted by Crippen LogP contribution is -2.46. The van der Waals surface area contributed by atoms with Crippen LogP contribution in [0.2, 0.25) is 5.02 Å². The summed E-state index contributed by atoms with van der Waals surface area (Å²) in [6.07, 6.45) is -1.08. The number of anilines is 3. The van der Waals surface area contributed by atoms with Crippen LogP contribution in [0.4, 0.5) is 26.5 Å². The lowest BCUT2D eigenvalue weighted by molar-refractivity contribution is -0.122. The number of aromatic nitrogens is 2. The van der Waals surface area contributed by atoms with E-state index in [9.17, 15) is 24.0 Å². The number of carbonyl (C=O) groups is 2. The number of amides is 2. The maximum atomic E-state index is 14.5. The van der Waals surface area contributed by atoms with Crippen molar-refractivity contribution in [2.24, 2.45) is 11.8 Å². The molecule has 2 aromatic heterocycles. The molecule has 0 bridgehead atoms. The van der Waals surface area contributed by atoms with Crippen LogP contribution in [-0.4, -0.2) is 66.6 Å². The molecule has 47 heavy (non-hydrogen) atoms. The highest BCUT2D eigenvalue weighted by Crippen LogP contribution is 2.34. The third-order valence-corrected chi connectivity index (χ3v) is 7.96. The van der Waals surface area contributed by atoms with Crippen LogP contribution in [-0.2, 0) is 16.1 Å². The van der Waals surface area contributed by atoms with Gasteiger partial charge in [0.2, 0.25) is 0 Å². The van der Waals surface area contributed by atoms with Crippen molar-refractivity contribution in [3.63, 3.8) is 0 Å². The molecule has 4 rings (SSSR count). The summed E-state index contributed by atoms with van der Waals surface area (Å²) in [5.41, 5.74) is 0.407.